The Morgan fingerprint density at radius 3 is 2.62 bits per heavy atom. The van der Waals surface area contributed by atoms with Gasteiger partial charge in [0, 0.05) is 12.1 Å². The van der Waals surface area contributed by atoms with E-state index in [1.165, 1.54) is 11.4 Å². The Kier molecular flexibility index (Phi) is 1.42. The van der Waals surface area contributed by atoms with Gasteiger partial charge in [-0.15, -0.1) is 0 Å². The first-order chi connectivity index (χ1) is 3.60. The van der Waals surface area contributed by atoms with E-state index in [2.05, 4.69) is 0 Å². The van der Waals surface area contributed by atoms with E-state index in [4.69, 9.17) is 4.52 Å². The first kappa shape index (κ1) is 6.24. The van der Waals surface area contributed by atoms with E-state index in [9.17, 15) is 4.57 Å². The number of hydrogen-bond donors (Lipinski definition) is 0. The molecule has 1 aliphatic heterocycles. The normalized spacial score (nSPS) is 36.5. The molecule has 0 bridgehead atoms. The maximum Gasteiger partial charge on any atom is 0.304 e. The molecule has 0 spiro atoms. The van der Waals surface area contributed by atoms with Crippen LogP contribution in [0.4, 0.5) is 0 Å². The van der Waals surface area contributed by atoms with Crippen LogP contribution >= 0.6 is 18.0 Å². The highest BCUT2D eigenvalue weighted by molar-refractivity contribution is 8.58. The second-order valence-corrected chi connectivity index (χ2v) is 6.49. The molecule has 0 aromatic heterocycles. The fourth-order valence-corrected chi connectivity index (χ4v) is 3.05. The first-order valence-corrected chi connectivity index (χ1v) is 5.78. The second-order valence-electron chi connectivity index (χ2n) is 1.70. The van der Waals surface area contributed by atoms with E-state index in [1.807, 2.05) is 0 Å². The summed E-state index contributed by atoms with van der Waals surface area (Å²) < 4.78 is 15.8. The third kappa shape index (κ3) is 1.30. The zero-order chi connectivity index (χ0) is 6.20. The Labute approximate surface area is 52.5 Å². The van der Waals surface area contributed by atoms with Gasteiger partial charge >= 0.3 is 6.57 Å². The summed E-state index contributed by atoms with van der Waals surface area (Å²) in [5.41, 5.74) is 0. The average Bonchev–Trinajstić information content (AvgIpc) is 1.82. The smallest absolute Gasteiger partial charge is 0.304 e. The minimum Gasteiger partial charge on any atom is -0.440 e. The monoisotopic (exact) mass is 150 g/mol. The van der Waals surface area contributed by atoms with Crippen LogP contribution in [0.3, 0.4) is 0 Å². The highest BCUT2D eigenvalue weighted by Gasteiger charge is 2.22. The molecule has 0 fully saturated rings. The highest BCUT2D eigenvalue weighted by Crippen LogP contribution is 2.62. The van der Waals surface area contributed by atoms with Gasteiger partial charge in [0.1, 0.15) is 5.76 Å². The molecule has 0 aromatic rings. The Morgan fingerprint density at radius 2 is 2.50 bits per heavy atom. The predicted molar refractivity (Wildman–Crippen MR) is 36.0 cm³/mol. The molecule has 1 atom stereocenters. The van der Waals surface area contributed by atoms with Crippen LogP contribution in [0.15, 0.2) is 11.2 Å². The number of hydrogen-bond acceptors (Lipinski definition) is 3. The van der Waals surface area contributed by atoms with Crippen molar-refractivity contribution in [3.05, 3.63) is 11.2 Å². The summed E-state index contributed by atoms with van der Waals surface area (Å²) in [5, 5.41) is 1.78. The largest absolute Gasteiger partial charge is 0.440 e. The summed E-state index contributed by atoms with van der Waals surface area (Å²) in [6.07, 6.45) is 0. The Balaban J connectivity index is 2.69. The predicted octanol–water partition coefficient (Wildman–Crippen LogP) is 2.43. The molecule has 1 aliphatic rings. The maximum atomic E-state index is 10.9. The van der Waals surface area contributed by atoms with Crippen LogP contribution in [-0.4, -0.2) is 6.66 Å². The third-order valence-electron chi connectivity index (χ3n) is 0.720. The molecular weight excluding hydrogens is 143 g/mol. The maximum absolute atomic E-state index is 10.9. The zero-order valence-corrected chi connectivity index (χ0v) is 6.46. The third-order valence-corrected chi connectivity index (χ3v) is 3.85. The Bertz CT molecular complexity index is 175. The molecule has 0 saturated carbocycles. The van der Waals surface area contributed by atoms with E-state index in [0.717, 1.165) is 5.76 Å². The van der Waals surface area contributed by atoms with Gasteiger partial charge < -0.3 is 4.52 Å². The Morgan fingerprint density at radius 1 is 1.88 bits per heavy atom. The van der Waals surface area contributed by atoms with Crippen LogP contribution in [0.25, 0.3) is 0 Å². The minimum absolute atomic E-state index is 0.765. The van der Waals surface area contributed by atoms with Crippen LogP contribution in [0.5, 0.6) is 0 Å². The lowest BCUT2D eigenvalue weighted by molar-refractivity contribution is 0.430. The molecule has 0 amide bonds. The standard InChI is InChI=1S/C4H7O2PS/c1-4-3-8-7(2,5)6-4/h3H,1-2H3. The summed E-state index contributed by atoms with van der Waals surface area (Å²) >= 11 is 1.28. The second kappa shape index (κ2) is 1.82. The van der Waals surface area contributed by atoms with E-state index in [-0.39, 0.29) is 0 Å². The molecule has 2 nitrogen and oxygen atoms in total. The van der Waals surface area contributed by atoms with E-state index in [1.54, 1.807) is 19.0 Å². The van der Waals surface area contributed by atoms with Crippen molar-refractivity contribution in [2.45, 2.75) is 6.92 Å². The van der Waals surface area contributed by atoms with Crippen molar-refractivity contribution in [2.75, 3.05) is 6.66 Å². The molecule has 0 aromatic carbocycles. The van der Waals surface area contributed by atoms with Gasteiger partial charge in [-0.1, -0.05) is 0 Å². The van der Waals surface area contributed by atoms with Crippen LogP contribution < -0.4 is 0 Å². The zero-order valence-electron chi connectivity index (χ0n) is 4.75. The summed E-state index contributed by atoms with van der Waals surface area (Å²) in [7, 11) is 0. The van der Waals surface area contributed by atoms with Crippen LogP contribution in [0, 0.1) is 0 Å². The van der Waals surface area contributed by atoms with E-state index < -0.39 is 6.57 Å². The van der Waals surface area contributed by atoms with E-state index >= 15 is 0 Å². The summed E-state index contributed by atoms with van der Waals surface area (Å²) in [5.74, 6) is 0.765. The van der Waals surface area contributed by atoms with Crippen molar-refractivity contribution in [1.29, 1.82) is 0 Å². The highest BCUT2D eigenvalue weighted by atomic mass is 32.7. The summed E-state index contributed by atoms with van der Waals surface area (Å²) in [6, 6.07) is 0. The van der Waals surface area contributed by atoms with Crippen LogP contribution in [-0.2, 0) is 9.09 Å². The molecule has 0 radical (unpaired) electrons. The summed E-state index contributed by atoms with van der Waals surface area (Å²) in [6.45, 7) is 1.14. The van der Waals surface area contributed by atoms with Gasteiger partial charge in [-0.2, -0.15) is 0 Å². The first-order valence-electron chi connectivity index (χ1n) is 2.22. The van der Waals surface area contributed by atoms with Gasteiger partial charge in [0.15, 0.2) is 0 Å². The van der Waals surface area contributed by atoms with Crippen molar-refractivity contribution in [3.63, 3.8) is 0 Å². The molecule has 1 heterocycles. The van der Waals surface area contributed by atoms with Crippen LogP contribution in [0.2, 0.25) is 0 Å². The lowest BCUT2D eigenvalue weighted by Crippen LogP contribution is -1.71. The lowest BCUT2D eigenvalue weighted by Gasteiger charge is -2.01. The minimum atomic E-state index is -2.28. The quantitative estimate of drug-likeness (QED) is 0.496. The van der Waals surface area contributed by atoms with Crippen molar-refractivity contribution >= 4 is 18.0 Å². The van der Waals surface area contributed by atoms with Crippen molar-refractivity contribution in [1.82, 2.24) is 0 Å². The van der Waals surface area contributed by atoms with Gasteiger partial charge in [-0.3, -0.25) is 4.57 Å². The molecule has 0 aliphatic carbocycles. The van der Waals surface area contributed by atoms with Gasteiger partial charge in [0.25, 0.3) is 0 Å². The molecule has 4 heteroatoms. The van der Waals surface area contributed by atoms with Crippen molar-refractivity contribution < 1.29 is 9.09 Å². The molecule has 8 heavy (non-hydrogen) atoms. The van der Waals surface area contributed by atoms with Crippen LogP contribution in [0.1, 0.15) is 6.92 Å². The van der Waals surface area contributed by atoms with Crippen molar-refractivity contribution in [3.8, 4) is 0 Å². The molecule has 0 N–H and O–H groups in total. The molecule has 1 rings (SSSR count). The molecular formula is C4H7O2PS. The van der Waals surface area contributed by atoms with Gasteiger partial charge in [-0.25, -0.2) is 0 Å². The SMILES string of the molecule is CC1=CSP(C)(=O)O1. The fourth-order valence-electron chi connectivity index (χ4n) is 0.475. The van der Waals surface area contributed by atoms with Gasteiger partial charge in [-0.05, 0) is 18.3 Å². The average molecular weight is 150 g/mol. The van der Waals surface area contributed by atoms with Gasteiger partial charge in [0.05, 0.1) is 0 Å². The molecule has 46 valence electrons. The topological polar surface area (TPSA) is 26.3 Å². The molecule has 0 saturated heterocycles. The van der Waals surface area contributed by atoms with E-state index in [0.29, 0.717) is 0 Å². The Hall–Kier alpha value is 0.120. The lowest BCUT2D eigenvalue weighted by atomic mass is 10.7. The van der Waals surface area contributed by atoms with Crippen molar-refractivity contribution in [2.24, 2.45) is 0 Å². The number of rotatable bonds is 0. The molecule has 1 unspecified atom stereocenters. The number of allylic oxidation sites excluding steroid dienone is 1. The fraction of sp³-hybridized carbons (Fsp3) is 0.500. The summed E-state index contributed by atoms with van der Waals surface area (Å²) in [4.78, 5) is 0. The van der Waals surface area contributed by atoms with Gasteiger partial charge in [0.2, 0.25) is 0 Å².